The lowest BCUT2D eigenvalue weighted by Crippen LogP contribution is -2.42. The largest absolute Gasteiger partial charge is 0.618 e. The van der Waals surface area contributed by atoms with Gasteiger partial charge in [-0.3, -0.25) is 4.79 Å². The summed E-state index contributed by atoms with van der Waals surface area (Å²) in [6, 6.07) is 25.4. The van der Waals surface area contributed by atoms with E-state index in [9.17, 15) is 10.0 Å². The Bertz CT molecular complexity index is 1110. The van der Waals surface area contributed by atoms with Crippen molar-refractivity contribution in [1.82, 2.24) is 4.73 Å². The number of hydrogen-bond acceptors (Lipinski definition) is 3. The molecule has 4 aromatic rings. The second-order valence-corrected chi connectivity index (χ2v) is 5.86. The third-order valence-corrected chi connectivity index (χ3v) is 4.16. The van der Waals surface area contributed by atoms with Crippen LogP contribution in [0.25, 0.3) is 22.3 Å². The summed E-state index contributed by atoms with van der Waals surface area (Å²) >= 11 is 0. The summed E-state index contributed by atoms with van der Waals surface area (Å²) in [6.07, 6.45) is 0. The second kappa shape index (κ2) is 6.72. The van der Waals surface area contributed by atoms with Gasteiger partial charge in [0.15, 0.2) is 5.52 Å². The van der Waals surface area contributed by atoms with Gasteiger partial charge in [-0.2, -0.15) is 4.73 Å². The molecular formula is C21H16N2O3. The molecule has 0 radical (unpaired) electrons. The van der Waals surface area contributed by atoms with Gasteiger partial charge in [0.25, 0.3) is 5.69 Å². The van der Waals surface area contributed by atoms with Crippen LogP contribution < -0.4 is 15.1 Å². The van der Waals surface area contributed by atoms with E-state index in [0.717, 1.165) is 5.56 Å². The molecule has 0 aliphatic rings. The van der Waals surface area contributed by atoms with Crippen LogP contribution in [0.1, 0.15) is 5.56 Å². The molecule has 26 heavy (non-hydrogen) atoms. The molecular weight excluding hydrogens is 328 g/mol. The summed E-state index contributed by atoms with van der Waals surface area (Å²) in [6.45, 7) is 0.224. The zero-order chi connectivity index (χ0) is 17.9. The molecule has 0 saturated heterocycles. The molecule has 128 valence electrons. The van der Waals surface area contributed by atoms with Crippen LogP contribution in [0.3, 0.4) is 0 Å². The number of aromatic nitrogens is 2. The normalized spacial score (nSPS) is 10.8. The molecule has 0 atom stereocenters. The lowest BCUT2D eigenvalue weighted by molar-refractivity contribution is -0.566. The number of para-hydroxylation sites is 2. The molecule has 0 bridgehead atoms. The molecule has 1 aromatic heterocycles. The maximum Gasteiger partial charge on any atom is 0.357 e. The van der Waals surface area contributed by atoms with Gasteiger partial charge in [-0.05, 0) is 23.8 Å². The molecule has 0 spiro atoms. The van der Waals surface area contributed by atoms with Gasteiger partial charge in [-0.25, -0.2) is 0 Å². The standard InChI is InChI=1S/C21H16N2O3/c24-21-20(17-11-5-2-6-12-17)22(25)18-13-7-8-14-19(18)23(21)26-15-16-9-3-1-4-10-16/h1-14H,15H2. The second-order valence-electron chi connectivity index (χ2n) is 5.86. The van der Waals surface area contributed by atoms with Crippen molar-refractivity contribution >= 4 is 11.0 Å². The van der Waals surface area contributed by atoms with Crippen LogP contribution in [0, 0.1) is 5.21 Å². The number of fused-ring (bicyclic) bond motifs is 1. The summed E-state index contributed by atoms with van der Waals surface area (Å²) in [5, 5.41) is 12.8. The zero-order valence-electron chi connectivity index (χ0n) is 13.9. The maximum atomic E-state index is 13.0. The molecule has 0 saturated carbocycles. The van der Waals surface area contributed by atoms with E-state index >= 15 is 0 Å². The van der Waals surface area contributed by atoms with E-state index < -0.39 is 5.56 Å². The number of nitrogens with zero attached hydrogens (tertiary/aromatic N) is 2. The molecule has 0 aliphatic carbocycles. The fourth-order valence-corrected chi connectivity index (χ4v) is 2.90. The first kappa shape index (κ1) is 15.9. The van der Waals surface area contributed by atoms with Crippen molar-refractivity contribution in [3.8, 4) is 11.3 Å². The molecule has 5 heteroatoms. The summed E-state index contributed by atoms with van der Waals surface area (Å²) < 4.78 is 1.88. The van der Waals surface area contributed by atoms with E-state index in [-0.39, 0.29) is 12.3 Å². The monoisotopic (exact) mass is 344 g/mol. The molecule has 0 fully saturated rings. The van der Waals surface area contributed by atoms with Gasteiger partial charge >= 0.3 is 5.56 Å². The van der Waals surface area contributed by atoms with Crippen LogP contribution >= 0.6 is 0 Å². The number of rotatable bonds is 4. The third-order valence-electron chi connectivity index (χ3n) is 4.16. The molecule has 0 aliphatic heterocycles. The summed E-state index contributed by atoms with van der Waals surface area (Å²) in [5.74, 6) is 0. The summed E-state index contributed by atoms with van der Waals surface area (Å²) in [5.41, 5.74) is 1.85. The molecule has 0 unspecified atom stereocenters. The minimum Gasteiger partial charge on any atom is -0.618 e. The first-order valence-electron chi connectivity index (χ1n) is 8.25. The SMILES string of the molecule is O=c1c(-c2ccccc2)[n+]([O-])c2ccccc2n1OCc1ccccc1. The molecule has 1 heterocycles. The molecule has 0 amide bonds. The predicted octanol–water partition coefficient (Wildman–Crippen LogP) is 2.93. The van der Waals surface area contributed by atoms with Crippen molar-refractivity contribution < 1.29 is 9.57 Å². The van der Waals surface area contributed by atoms with Crippen LogP contribution in [0.5, 0.6) is 0 Å². The van der Waals surface area contributed by atoms with Crippen molar-refractivity contribution in [2.24, 2.45) is 0 Å². The Kier molecular flexibility index (Phi) is 4.11. The molecule has 5 nitrogen and oxygen atoms in total. The van der Waals surface area contributed by atoms with Crippen molar-refractivity contribution in [2.45, 2.75) is 6.61 Å². The van der Waals surface area contributed by atoms with Gasteiger partial charge in [-0.15, -0.1) is 4.73 Å². The average molecular weight is 344 g/mol. The Balaban J connectivity index is 1.90. The van der Waals surface area contributed by atoms with Crippen LogP contribution in [0.2, 0.25) is 0 Å². The highest BCUT2D eigenvalue weighted by Crippen LogP contribution is 2.15. The Labute approximate surface area is 149 Å². The van der Waals surface area contributed by atoms with Gasteiger partial charge in [0, 0.05) is 6.07 Å². The quantitative estimate of drug-likeness (QED) is 0.422. The number of hydrogen-bond donors (Lipinski definition) is 0. The van der Waals surface area contributed by atoms with Gasteiger partial charge in [0.1, 0.15) is 6.61 Å². The molecule has 4 rings (SSSR count). The fraction of sp³-hybridized carbons (Fsp3) is 0.0476. The average Bonchev–Trinajstić information content (AvgIpc) is 2.70. The van der Waals surface area contributed by atoms with Gasteiger partial charge < -0.3 is 10.0 Å². The Morgan fingerprint density at radius 1 is 0.846 bits per heavy atom. The van der Waals surface area contributed by atoms with E-state index in [4.69, 9.17) is 4.84 Å². The van der Waals surface area contributed by atoms with E-state index in [1.165, 1.54) is 4.73 Å². The Hall–Kier alpha value is -3.60. The summed E-state index contributed by atoms with van der Waals surface area (Å²) in [4.78, 5) is 18.8. The van der Waals surface area contributed by atoms with Crippen LogP contribution in [-0.2, 0) is 6.61 Å². The maximum absolute atomic E-state index is 13.0. The van der Waals surface area contributed by atoms with Crippen molar-refractivity contribution in [3.63, 3.8) is 0 Å². The molecule has 0 N–H and O–H groups in total. The third kappa shape index (κ3) is 2.80. The van der Waals surface area contributed by atoms with Crippen molar-refractivity contribution in [3.05, 3.63) is 106 Å². The lowest BCUT2D eigenvalue weighted by Gasteiger charge is -2.14. The Morgan fingerprint density at radius 3 is 2.19 bits per heavy atom. The van der Waals surface area contributed by atoms with E-state index in [1.807, 2.05) is 36.4 Å². The highest BCUT2D eigenvalue weighted by Gasteiger charge is 2.23. The smallest absolute Gasteiger partial charge is 0.357 e. The van der Waals surface area contributed by atoms with Crippen molar-refractivity contribution in [1.29, 1.82) is 0 Å². The van der Waals surface area contributed by atoms with Crippen LogP contribution in [-0.4, -0.2) is 4.73 Å². The summed E-state index contributed by atoms with van der Waals surface area (Å²) in [7, 11) is 0. The van der Waals surface area contributed by atoms with E-state index in [1.54, 1.807) is 48.5 Å². The zero-order valence-corrected chi connectivity index (χ0v) is 13.9. The highest BCUT2D eigenvalue weighted by atomic mass is 16.7. The fourth-order valence-electron chi connectivity index (χ4n) is 2.90. The number of benzene rings is 3. The van der Waals surface area contributed by atoms with Gasteiger partial charge in [0.05, 0.1) is 5.56 Å². The van der Waals surface area contributed by atoms with Crippen molar-refractivity contribution in [2.75, 3.05) is 0 Å². The minimum absolute atomic E-state index is 0.0392. The van der Waals surface area contributed by atoms with Crippen LogP contribution in [0.4, 0.5) is 0 Å². The minimum atomic E-state index is -0.485. The van der Waals surface area contributed by atoms with Crippen LogP contribution in [0.15, 0.2) is 89.7 Å². The topological polar surface area (TPSA) is 58.2 Å². The lowest BCUT2D eigenvalue weighted by atomic mass is 10.1. The van der Waals surface area contributed by atoms with E-state index in [2.05, 4.69) is 0 Å². The Morgan fingerprint density at radius 2 is 1.46 bits per heavy atom. The van der Waals surface area contributed by atoms with Gasteiger partial charge in [-0.1, -0.05) is 60.7 Å². The highest BCUT2D eigenvalue weighted by molar-refractivity contribution is 5.73. The van der Waals surface area contributed by atoms with E-state index in [0.29, 0.717) is 21.3 Å². The first-order valence-corrected chi connectivity index (χ1v) is 8.25. The predicted molar refractivity (Wildman–Crippen MR) is 99.3 cm³/mol. The molecule has 3 aromatic carbocycles. The van der Waals surface area contributed by atoms with Gasteiger partial charge in [0.2, 0.25) is 5.52 Å². The first-order chi connectivity index (χ1) is 12.8.